The molecule has 0 N–H and O–H groups in total. The van der Waals surface area contributed by atoms with Crippen LogP contribution in [0.4, 0.5) is 0 Å². The Labute approximate surface area is 39.9 Å². The highest BCUT2D eigenvalue weighted by atomic mass is 31.1. The van der Waals surface area contributed by atoms with Crippen LogP contribution in [0.5, 0.6) is 0 Å². The quantitative estimate of drug-likeness (QED) is 0.347. The zero-order valence-electron chi connectivity index (χ0n) is 4.15. The second-order valence-electron chi connectivity index (χ2n) is 1.52. The molecule has 0 atom stereocenters. The van der Waals surface area contributed by atoms with Gasteiger partial charge in [-0.25, -0.2) is 6.57 Å². The molecule has 0 aromatic rings. The summed E-state index contributed by atoms with van der Waals surface area (Å²) in [4.78, 5) is 3.23. The average molecular weight is 102 g/mol. The van der Waals surface area contributed by atoms with Crippen molar-refractivity contribution < 1.29 is 0 Å². The van der Waals surface area contributed by atoms with Crippen molar-refractivity contribution in [3.05, 3.63) is 11.4 Å². The number of nitrogens with zero attached hydrogens (tertiary/aromatic N) is 1. The molecule has 0 aromatic carbocycles. The molecule has 6 heavy (non-hydrogen) atoms. The van der Waals surface area contributed by atoms with E-state index in [2.05, 4.69) is 18.2 Å². The third kappa shape index (κ3) is 3.92. The molecule has 0 fully saturated rings. The molecular weight excluding hydrogens is 93.0 g/mol. The maximum atomic E-state index is 6.38. The Hall–Kier alpha value is -0.0800. The molecule has 0 amide bonds. The summed E-state index contributed by atoms with van der Waals surface area (Å²) < 4.78 is 0. The van der Waals surface area contributed by atoms with Crippen LogP contribution in [-0.2, 0) is 0 Å². The fourth-order valence-electron chi connectivity index (χ4n) is 0.158. The molecule has 0 rings (SSSR count). The number of hydrogen-bond acceptors (Lipinski definition) is 0. The summed E-state index contributed by atoms with van der Waals surface area (Å²) in [7, 11) is -0.240. The molecule has 0 heterocycles. The van der Waals surface area contributed by atoms with Gasteiger partial charge in [-0.05, 0) is 0 Å². The zero-order chi connectivity index (χ0) is 4.99. The second kappa shape index (κ2) is 3.12. The van der Waals surface area contributed by atoms with Gasteiger partial charge < -0.3 is 0 Å². The first-order valence-corrected chi connectivity index (χ1v) is 4.60. The summed E-state index contributed by atoms with van der Waals surface area (Å²) >= 11 is 0. The first-order chi connectivity index (χ1) is 2.77. The molecule has 0 aliphatic carbocycles. The van der Waals surface area contributed by atoms with Crippen LogP contribution in [0.25, 0.3) is 4.85 Å². The van der Waals surface area contributed by atoms with Gasteiger partial charge in [0.15, 0.2) is 0 Å². The normalized spacial score (nSPS) is 8.33. The molecule has 0 saturated heterocycles. The van der Waals surface area contributed by atoms with Gasteiger partial charge in [0.25, 0.3) is 0 Å². The molecule has 1 nitrogen and oxygen atoms in total. The van der Waals surface area contributed by atoms with Crippen LogP contribution in [0.3, 0.4) is 0 Å². The second-order valence-corrected chi connectivity index (χ2v) is 4.25. The summed E-state index contributed by atoms with van der Waals surface area (Å²) in [5.41, 5.74) is 0. The van der Waals surface area contributed by atoms with Crippen molar-refractivity contribution in [2.24, 2.45) is 0 Å². The Morgan fingerprint density at radius 1 is 1.67 bits per heavy atom. The van der Waals surface area contributed by atoms with E-state index in [9.17, 15) is 0 Å². The minimum atomic E-state index is -0.240. The van der Waals surface area contributed by atoms with Crippen molar-refractivity contribution in [2.75, 3.05) is 19.6 Å². The van der Waals surface area contributed by atoms with E-state index in [1.165, 1.54) is 0 Å². The van der Waals surface area contributed by atoms with E-state index in [1.807, 2.05) is 0 Å². The zero-order valence-corrected chi connectivity index (χ0v) is 5.15. The lowest BCUT2D eigenvalue weighted by atomic mass is 11.4. The minimum Gasteiger partial charge on any atom is -0.278 e. The van der Waals surface area contributed by atoms with Gasteiger partial charge in [0.1, 0.15) is 0 Å². The summed E-state index contributed by atoms with van der Waals surface area (Å²) in [6, 6.07) is 0. The largest absolute Gasteiger partial charge is 0.306 e. The molecule has 0 aromatic heterocycles. The van der Waals surface area contributed by atoms with Crippen LogP contribution >= 0.6 is 7.92 Å². The van der Waals surface area contributed by atoms with Gasteiger partial charge >= 0.3 is 6.29 Å². The van der Waals surface area contributed by atoms with E-state index >= 15 is 0 Å². The average Bonchev–Trinajstić information content (AvgIpc) is 1.35. The fraction of sp³-hybridized carbons (Fsp3) is 0.750. The lowest BCUT2D eigenvalue weighted by Crippen LogP contribution is -1.65. The third-order valence-corrected chi connectivity index (χ3v) is 1.19. The van der Waals surface area contributed by atoms with E-state index < -0.39 is 0 Å². The van der Waals surface area contributed by atoms with Crippen LogP contribution in [0.1, 0.15) is 0 Å². The van der Waals surface area contributed by atoms with Gasteiger partial charge in [-0.3, -0.25) is 4.85 Å². The predicted octanol–water partition coefficient (Wildman–Crippen LogP) is 1.34. The fourth-order valence-corrected chi connectivity index (χ4v) is 0.474. The van der Waals surface area contributed by atoms with Crippen molar-refractivity contribution in [2.45, 2.75) is 0 Å². The Morgan fingerprint density at radius 3 is 2.17 bits per heavy atom. The van der Waals surface area contributed by atoms with Crippen molar-refractivity contribution in [3.63, 3.8) is 0 Å². The van der Waals surface area contributed by atoms with Gasteiger partial charge in [0, 0.05) is 0 Å². The molecule has 2 heteroatoms. The van der Waals surface area contributed by atoms with Gasteiger partial charge in [0.2, 0.25) is 0 Å². The first kappa shape index (κ1) is 5.92. The van der Waals surface area contributed by atoms with Gasteiger partial charge in [-0.1, -0.05) is 0 Å². The van der Waals surface area contributed by atoms with Crippen molar-refractivity contribution in [1.82, 2.24) is 0 Å². The Balaban J connectivity index is 2.88. The lowest BCUT2D eigenvalue weighted by Gasteiger charge is -1.78. The van der Waals surface area contributed by atoms with Crippen molar-refractivity contribution >= 4 is 7.92 Å². The van der Waals surface area contributed by atoms with E-state index in [-0.39, 0.29) is 7.92 Å². The van der Waals surface area contributed by atoms with Crippen molar-refractivity contribution in [3.8, 4) is 0 Å². The van der Waals surface area contributed by atoms with Gasteiger partial charge in [-0.2, -0.15) is 0 Å². The first-order valence-electron chi connectivity index (χ1n) is 1.89. The molecule has 0 aliphatic rings. The smallest absolute Gasteiger partial charge is 0.278 e. The Morgan fingerprint density at radius 2 is 2.17 bits per heavy atom. The highest BCUT2D eigenvalue weighted by Gasteiger charge is 1.97. The van der Waals surface area contributed by atoms with Crippen LogP contribution in [0.2, 0.25) is 0 Å². The number of rotatable bonds is 1. The summed E-state index contributed by atoms with van der Waals surface area (Å²) in [6.07, 6.45) is 0.769. The van der Waals surface area contributed by atoms with Crippen LogP contribution < -0.4 is 0 Å². The van der Waals surface area contributed by atoms with E-state index in [4.69, 9.17) is 6.57 Å². The molecule has 0 saturated carbocycles. The van der Waals surface area contributed by atoms with E-state index in [1.54, 1.807) is 0 Å². The van der Waals surface area contributed by atoms with Crippen LogP contribution in [0.15, 0.2) is 0 Å². The topological polar surface area (TPSA) is 4.36 Å². The molecule has 0 radical (unpaired) electrons. The third-order valence-electron chi connectivity index (χ3n) is 0.395. The summed E-state index contributed by atoms with van der Waals surface area (Å²) in [6.45, 7) is 10.7. The predicted molar refractivity (Wildman–Crippen MR) is 31.6 cm³/mol. The molecular formula is C4H9NP+. The maximum Gasteiger partial charge on any atom is 0.306 e. The Kier molecular flexibility index (Phi) is 3.08. The maximum absolute atomic E-state index is 6.38. The number of hydrogen-bond donors (Lipinski definition) is 0. The molecule has 34 valence electrons. The molecule has 0 spiro atoms. The van der Waals surface area contributed by atoms with Crippen molar-refractivity contribution in [1.29, 1.82) is 0 Å². The minimum absolute atomic E-state index is 0.240. The SMILES string of the molecule is [C-]#[N+]C[PH+](C)C. The highest BCUT2D eigenvalue weighted by Crippen LogP contribution is 2.22. The van der Waals surface area contributed by atoms with Gasteiger partial charge in [-0.15, -0.1) is 0 Å². The van der Waals surface area contributed by atoms with Crippen LogP contribution in [0, 0.1) is 6.57 Å². The lowest BCUT2D eigenvalue weighted by molar-refractivity contribution is 1.73. The monoisotopic (exact) mass is 102 g/mol. The summed E-state index contributed by atoms with van der Waals surface area (Å²) in [5, 5.41) is 0. The van der Waals surface area contributed by atoms with E-state index in [0.717, 1.165) is 6.29 Å². The molecule has 0 unspecified atom stereocenters. The van der Waals surface area contributed by atoms with Crippen LogP contribution in [-0.4, -0.2) is 19.6 Å². The standard InChI is InChI=1S/C4H8NP/c1-5-4-6(2)3/h4H2,2-3H3/p+1. The molecule has 0 bridgehead atoms. The Bertz CT molecular complexity index is 62.4. The molecule has 0 aliphatic heterocycles. The summed E-state index contributed by atoms with van der Waals surface area (Å²) in [5.74, 6) is 0. The van der Waals surface area contributed by atoms with E-state index in [0.29, 0.717) is 0 Å². The van der Waals surface area contributed by atoms with Gasteiger partial charge in [0.05, 0.1) is 21.3 Å². The highest BCUT2D eigenvalue weighted by molar-refractivity contribution is 7.56.